The quantitative estimate of drug-likeness (QED) is 0.828. The van der Waals surface area contributed by atoms with Crippen LogP contribution in [0.25, 0.3) is 5.69 Å². The Kier molecular flexibility index (Phi) is 2.96. The summed E-state index contributed by atoms with van der Waals surface area (Å²) < 4.78 is 1.55. The van der Waals surface area contributed by atoms with Crippen LogP contribution in [0.3, 0.4) is 0 Å². The minimum Gasteiger partial charge on any atom is -0.476 e. The number of carboxylic acid groups (broad SMARTS) is 1. The molecule has 1 N–H and O–H groups in total. The van der Waals surface area contributed by atoms with Gasteiger partial charge in [0.25, 0.3) is 0 Å². The zero-order chi connectivity index (χ0) is 11.5. The predicted octanol–water partition coefficient (Wildman–Crippen LogP) is 2.29. The fraction of sp³-hybridized carbons (Fsp3) is 0.0909. The lowest BCUT2D eigenvalue weighted by Crippen LogP contribution is -2.00. The van der Waals surface area contributed by atoms with Crippen molar-refractivity contribution in [2.75, 3.05) is 6.26 Å². The highest BCUT2D eigenvalue weighted by atomic mass is 32.2. The third-order valence-electron chi connectivity index (χ3n) is 2.15. The van der Waals surface area contributed by atoms with Gasteiger partial charge in [-0.2, -0.15) is 5.10 Å². The zero-order valence-electron chi connectivity index (χ0n) is 8.62. The van der Waals surface area contributed by atoms with Gasteiger partial charge in [0.05, 0.1) is 5.69 Å². The highest BCUT2D eigenvalue weighted by Gasteiger charge is 2.07. The summed E-state index contributed by atoms with van der Waals surface area (Å²) in [6.45, 7) is 0. The lowest BCUT2D eigenvalue weighted by Gasteiger charge is -2.01. The Labute approximate surface area is 96.9 Å². The molecular weight excluding hydrogens is 224 g/mol. The molecule has 1 aromatic carbocycles. The van der Waals surface area contributed by atoms with Crippen LogP contribution in [0.1, 0.15) is 10.5 Å². The van der Waals surface area contributed by atoms with Crippen LogP contribution < -0.4 is 0 Å². The van der Waals surface area contributed by atoms with E-state index in [1.165, 1.54) is 6.07 Å². The van der Waals surface area contributed by atoms with E-state index in [0.717, 1.165) is 10.6 Å². The summed E-state index contributed by atoms with van der Waals surface area (Å²) in [4.78, 5) is 11.8. The minimum atomic E-state index is -1.01. The van der Waals surface area contributed by atoms with E-state index >= 15 is 0 Å². The molecule has 0 amide bonds. The van der Waals surface area contributed by atoms with Crippen LogP contribution in [0.2, 0.25) is 0 Å². The van der Waals surface area contributed by atoms with Crippen LogP contribution in [0, 0.1) is 0 Å². The molecule has 1 aromatic heterocycles. The molecule has 16 heavy (non-hydrogen) atoms. The van der Waals surface area contributed by atoms with Crippen LogP contribution >= 0.6 is 11.8 Å². The van der Waals surface area contributed by atoms with Gasteiger partial charge in [0.1, 0.15) is 0 Å². The van der Waals surface area contributed by atoms with Crippen molar-refractivity contribution >= 4 is 17.7 Å². The lowest BCUT2D eigenvalue weighted by molar-refractivity contribution is 0.0690. The molecule has 1 heterocycles. The molecule has 82 valence electrons. The molecule has 0 saturated heterocycles. The van der Waals surface area contributed by atoms with Gasteiger partial charge in [0.2, 0.25) is 0 Å². The average molecular weight is 234 g/mol. The van der Waals surface area contributed by atoms with Crippen LogP contribution in [0.5, 0.6) is 0 Å². The molecule has 0 atom stereocenters. The highest BCUT2D eigenvalue weighted by molar-refractivity contribution is 7.98. The molecule has 0 aliphatic heterocycles. The number of thioether (sulfide) groups is 1. The number of hydrogen-bond acceptors (Lipinski definition) is 3. The van der Waals surface area contributed by atoms with Gasteiger partial charge in [0.15, 0.2) is 5.69 Å². The van der Waals surface area contributed by atoms with Gasteiger partial charge in [-0.3, -0.25) is 0 Å². The fourth-order valence-corrected chi connectivity index (χ4v) is 1.73. The van der Waals surface area contributed by atoms with Crippen molar-refractivity contribution < 1.29 is 9.90 Å². The van der Waals surface area contributed by atoms with E-state index in [4.69, 9.17) is 5.11 Å². The number of nitrogens with zero attached hydrogens (tertiary/aromatic N) is 2. The van der Waals surface area contributed by atoms with E-state index in [1.54, 1.807) is 22.6 Å². The van der Waals surface area contributed by atoms with E-state index < -0.39 is 5.97 Å². The van der Waals surface area contributed by atoms with E-state index in [9.17, 15) is 4.79 Å². The van der Waals surface area contributed by atoms with Crippen LogP contribution in [-0.4, -0.2) is 27.1 Å². The standard InChI is InChI=1S/C11H10N2O2S/c1-16-9-4-2-8(3-5-9)13-7-6-10(12-13)11(14)15/h2-7H,1H3,(H,14,15). The summed E-state index contributed by atoms with van der Waals surface area (Å²) in [6.07, 6.45) is 3.64. The Hall–Kier alpha value is -1.75. The molecule has 2 aromatic rings. The van der Waals surface area contributed by atoms with Crippen molar-refractivity contribution in [3.8, 4) is 5.69 Å². The molecule has 0 aliphatic rings. The molecule has 0 saturated carbocycles. The summed E-state index contributed by atoms with van der Waals surface area (Å²) in [5, 5.41) is 12.7. The first kappa shape index (κ1) is 10.8. The number of hydrogen-bond donors (Lipinski definition) is 1. The molecule has 0 unspecified atom stereocenters. The summed E-state index contributed by atoms with van der Waals surface area (Å²) in [6, 6.07) is 9.24. The number of rotatable bonds is 3. The minimum absolute atomic E-state index is 0.0499. The number of carbonyl (C=O) groups is 1. The van der Waals surface area contributed by atoms with E-state index in [1.807, 2.05) is 30.5 Å². The maximum Gasteiger partial charge on any atom is 0.356 e. The molecule has 2 rings (SSSR count). The Morgan fingerprint density at radius 3 is 2.50 bits per heavy atom. The molecule has 0 spiro atoms. The summed E-state index contributed by atoms with van der Waals surface area (Å²) >= 11 is 1.66. The summed E-state index contributed by atoms with van der Waals surface area (Å²) in [5.74, 6) is -1.01. The first-order valence-electron chi connectivity index (χ1n) is 4.64. The Morgan fingerprint density at radius 2 is 2.00 bits per heavy atom. The first-order chi connectivity index (χ1) is 7.70. The predicted molar refractivity (Wildman–Crippen MR) is 62.3 cm³/mol. The monoisotopic (exact) mass is 234 g/mol. The fourth-order valence-electron chi connectivity index (χ4n) is 1.32. The molecule has 0 aliphatic carbocycles. The third-order valence-corrected chi connectivity index (χ3v) is 2.89. The van der Waals surface area contributed by atoms with Crippen molar-refractivity contribution in [1.29, 1.82) is 0 Å². The molecule has 0 bridgehead atoms. The van der Waals surface area contributed by atoms with Crippen LogP contribution in [-0.2, 0) is 0 Å². The summed E-state index contributed by atoms with van der Waals surface area (Å²) in [5.41, 5.74) is 0.902. The third kappa shape index (κ3) is 2.09. The molecule has 0 radical (unpaired) electrons. The van der Waals surface area contributed by atoms with Crippen LogP contribution in [0.4, 0.5) is 0 Å². The Bertz CT molecular complexity index is 505. The Morgan fingerprint density at radius 1 is 1.31 bits per heavy atom. The highest BCUT2D eigenvalue weighted by Crippen LogP contribution is 2.16. The topological polar surface area (TPSA) is 55.1 Å². The number of carboxylic acids is 1. The van der Waals surface area contributed by atoms with Crippen molar-refractivity contribution in [2.45, 2.75) is 4.90 Å². The van der Waals surface area contributed by atoms with Gasteiger partial charge in [-0.15, -0.1) is 11.8 Å². The number of benzene rings is 1. The maximum absolute atomic E-state index is 10.7. The number of aromatic nitrogens is 2. The number of aromatic carboxylic acids is 1. The van der Waals surface area contributed by atoms with Gasteiger partial charge < -0.3 is 5.11 Å². The normalized spacial score (nSPS) is 10.3. The van der Waals surface area contributed by atoms with Gasteiger partial charge in [0, 0.05) is 11.1 Å². The van der Waals surface area contributed by atoms with E-state index in [-0.39, 0.29) is 5.69 Å². The van der Waals surface area contributed by atoms with Crippen molar-refractivity contribution in [1.82, 2.24) is 9.78 Å². The van der Waals surface area contributed by atoms with Crippen LogP contribution in [0.15, 0.2) is 41.4 Å². The first-order valence-corrected chi connectivity index (χ1v) is 5.86. The molecule has 4 nitrogen and oxygen atoms in total. The summed E-state index contributed by atoms with van der Waals surface area (Å²) in [7, 11) is 0. The van der Waals surface area contributed by atoms with Gasteiger partial charge in [-0.25, -0.2) is 9.48 Å². The van der Waals surface area contributed by atoms with E-state index in [0.29, 0.717) is 0 Å². The Balaban J connectivity index is 2.31. The van der Waals surface area contributed by atoms with Crippen molar-refractivity contribution in [3.63, 3.8) is 0 Å². The average Bonchev–Trinajstić information content (AvgIpc) is 2.78. The second-order valence-corrected chi connectivity index (χ2v) is 4.03. The van der Waals surface area contributed by atoms with Crippen molar-refractivity contribution in [3.05, 3.63) is 42.2 Å². The largest absolute Gasteiger partial charge is 0.476 e. The maximum atomic E-state index is 10.7. The van der Waals surface area contributed by atoms with Gasteiger partial charge in [-0.05, 0) is 36.6 Å². The SMILES string of the molecule is CSc1ccc(-n2ccc(C(=O)O)n2)cc1. The van der Waals surface area contributed by atoms with Crippen molar-refractivity contribution in [2.24, 2.45) is 0 Å². The van der Waals surface area contributed by atoms with Gasteiger partial charge in [-0.1, -0.05) is 0 Å². The van der Waals surface area contributed by atoms with E-state index in [2.05, 4.69) is 5.10 Å². The van der Waals surface area contributed by atoms with Gasteiger partial charge >= 0.3 is 5.97 Å². The molecule has 0 fully saturated rings. The lowest BCUT2D eigenvalue weighted by atomic mass is 10.3. The zero-order valence-corrected chi connectivity index (χ0v) is 9.44. The second-order valence-electron chi connectivity index (χ2n) is 3.15. The second kappa shape index (κ2) is 4.40. The smallest absolute Gasteiger partial charge is 0.356 e. The molecule has 5 heteroatoms. The molecular formula is C11H10N2O2S.